The van der Waals surface area contributed by atoms with Crippen molar-refractivity contribution in [3.63, 3.8) is 0 Å². The maximum atomic E-state index is 2.39. The van der Waals surface area contributed by atoms with Crippen LogP contribution in [0.5, 0.6) is 0 Å². The summed E-state index contributed by atoms with van der Waals surface area (Å²) in [7, 11) is 0.0697. The van der Waals surface area contributed by atoms with E-state index in [2.05, 4.69) is 50.3 Å². The van der Waals surface area contributed by atoms with E-state index in [-0.39, 0.29) is 7.92 Å². The summed E-state index contributed by atoms with van der Waals surface area (Å²) in [6, 6.07) is 8.87. The van der Waals surface area contributed by atoms with Gasteiger partial charge < -0.3 is 0 Å². The second kappa shape index (κ2) is 7.10. The van der Waals surface area contributed by atoms with E-state index in [1.165, 1.54) is 49.1 Å². The SMILES string of the molecule is CCCCP(CCCC)[C]1C=Cc2ccccc21. The molecule has 1 heteroatoms. The lowest BCUT2D eigenvalue weighted by Crippen LogP contribution is -2.00. The van der Waals surface area contributed by atoms with E-state index in [4.69, 9.17) is 0 Å². The lowest BCUT2D eigenvalue weighted by Gasteiger charge is -2.23. The van der Waals surface area contributed by atoms with Crippen LogP contribution in [0.25, 0.3) is 6.08 Å². The van der Waals surface area contributed by atoms with Gasteiger partial charge in [-0.3, -0.25) is 0 Å². The van der Waals surface area contributed by atoms with Crippen LogP contribution in [0.15, 0.2) is 30.3 Å². The fraction of sp³-hybridized carbons (Fsp3) is 0.471. The van der Waals surface area contributed by atoms with Gasteiger partial charge in [0.15, 0.2) is 0 Å². The highest BCUT2D eigenvalue weighted by molar-refractivity contribution is 7.61. The fourth-order valence-corrected chi connectivity index (χ4v) is 5.39. The van der Waals surface area contributed by atoms with E-state index in [0.717, 1.165) is 0 Å². The predicted octanol–water partition coefficient (Wildman–Crippen LogP) is 5.68. The molecule has 0 amide bonds. The van der Waals surface area contributed by atoms with Crippen LogP contribution in [0.4, 0.5) is 0 Å². The molecular formula is C17H24P. The minimum atomic E-state index is 0.0697. The van der Waals surface area contributed by atoms with E-state index in [1.54, 1.807) is 5.66 Å². The lowest BCUT2D eigenvalue weighted by molar-refractivity contribution is 0.868. The molecule has 0 aliphatic heterocycles. The molecular weight excluding hydrogens is 235 g/mol. The average Bonchev–Trinajstić information content (AvgIpc) is 2.83. The Morgan fingerprint density at radius 3 is 2.22 bits per heavy atom. The zero-order valence-electron chi connectivity index (χ0n) is 11.7. The topological polar surface area (TPSA) is 0 Å². The third kappa shape index (κ3) is 3.23. The molecule has 0 nitrogen and oxygen atoms in total. The zero-order chi connectivity index (χ0) is 12.8. The minimum absolute atomic E-state index is 0.0697. The Morgan fingerprint density at radius 1 is 0.889 bits per heavy atom. The molecule has 18 heavy (non-hydrogen) atoms. The Hall–Kier alpha value is -0.610. The molecule has 97 valence electrons. The van der Waals surface area contributed by atoms with Crippen LogP contribution in [0.3, 0.4) is 0 Å². The maximum absolute atomic E-state index is 2.39. The van der Waals surface area contributed by atoms with Gasteiger partial charge >= 0.3 is 0 Å². The van der Waals surface area contributed by atoms with Crippen molar-refractivity contribution in [3.05, 3.63) is 47.1 Å². The molecule has 1 aliphatic carbocycles. The van der Waals surface area contributed by atoms with Gasteiger partial charge in [-0.05, 0) is 36.3 Å². The molecule has 0 spiro atoms. The quantitative estimate of drug-likeness (QED) is 0.553. The highest BCUT2D eigenvalue weighted by atomic mass is 31.1. The number of benzene rings is 1. The Kier molecular flexibility index (Phi) is 5.45. The molecule has 1 radical (unpaired) electrons. The molecule has 0 heterocycles. The van der Waals surface area contributed by atoms with Gasteiger partial charge in [0.05, 0.1) is 5.66 Å². The van der Waals surface area contributed by atoms with Crippen molar-refractivity contribution in [2.75, 3.05) is 12.3 Å². The first-order chi connectivity index (χ1) is 8.86. The van der Waals surface area contributed by atoms with Crippen LogP contribution in [0.1, 0.15) is 50.7 Å². The number of fused-ring (bicyclic) bond motifs is 1. The second-order valence-electron chi connectivity index (χ2n) is 5.00. The van der Waals surface area contributed by atoms with Gasteiger partial charge in [0.1, 0.15) is 0 Å². The van der Waals surface area contributed by atoms with Gasteiger partial charge in [0.25, 0.3) is 0 Å². The molecule has 0 bridgehead atoms. The van der Waals surface area contributed by atoms with Crippen molar-refractivity contribution in [3.8, 4) is 0 Å². The molecule has 0 saturated heterocycles. The third-order valence-electron chi connectivity index (χ3n) is 3.56. The van der Waals surface area contributed by atoms with Crippen LogP contribution in [-0.4, -0.2) is 12.3 Å². The first-order valence-corrected chi connectivity index (χ1v) is 8.97. The van der Waals surface area contributed by atoms with E-state index in [9.17, 15) is 0 Å². The molecule has 0 aromatic heterocycles. The minimum Gasteiger partial charge on any atom is -0.0900 e. The second-order valence-corrected chi connectivity index (χ2v) is 7.46. The molecule has 0 N–H and O–H groups in total. The monoisotopic (exact) mass is 259 g/mol. The maximum Gasteiger partial charge on any atom is 0.0511 e. The summed E-state index contributed by atoms with van der Waals surface area (Å²) in [5, 5.41) is 0. The molecule has 1 aromatic carbocycles. The molecule has 1 aliphatic rings. The van der Waals surface area contributed by atoms with Crippen LogP contribution < -0.4 is 0 Å². The summed E-state index contributed by atoms with van der Waals surface area (Å²) >= 11 is 0. The third-order valence-corrected chi connectivity index (χ3v) is 6.34. The number of hydrogen-bond donors (Lipinski definition) is 0. The van der Waals surface area contributed by atoms with Gasteiger partial charge in [-0.25, -0.2) is 0 Å². The van der Waals surface area contributed by atoms with Crippen molar-refractivity contribution in [1.82, 2.24) is 0 Å². The van der Waals surface area contributed by atoms with Crippen molar-refractivity contribution >= 4 is 14.0 Å². The van der Waals surface area contributed by atoms with Gasteiger partial charge in [-0.2, -0.15) is 0 Å². The zero-order valence-corrected chi connectivity index (χ0v) is 12.5. The molecule has 2 rings (SSSR count). The van der Waals surface area contributed by atoms with Gasteiger partial charge in [0, 0.05) is 0 Å². The summed E-state index contributed by atoms with van der Waals surface area (Å²) in [4.78, 5) is 0. The highest BCUT2D eigenvalue weighted by Crippen LogP contribution is 2.55. The van der Waals surface area contributed by atoms with E-state index in [1.807, 2.05) is 0 Å². The molecule has 0 unspecified atom stereocenters. The molecule has 1 aromatic rings. The Morgan fingerprint density at radius 2 is 1.56 bits per heavy atom. The Labute approximate surface area is 113 Å². The fourth-order valence-electron chi connectivity index (χ4n) is 2.46. The number of allylic oxidation sites excluding steroid dienone is 1. The number of unbranched alkanes of at least 4 members (excludes halogenated alkanes) is 2. The lowest BCUT2D eigenvalue weighted by atomic mass is 10.1. The summed E-state index contributed by atoms with van der Waals surface area (Å²) < 4.78 is 0. The van der Waals surface area contributed by atoms with Gasteiger partial charge in [0.2, 0.25) is 0 Å². The van der Waals surface area contributed by atoms with Crippen molar-refractivity contribution in [2.45, 2.75) is 39.5 Å². The summed E-state index contributed by atoms with van der Waals surface area (Å²) in [5.74, 6) is 0. The average molecular weight is 259 g/mol. The summed E-state index contributed by atoms with van der Waals surface area (Å²) in [5.41, 5.74) is 4.59. The smallest absolute Gasteiger partial charge is 0.0511 e. The summed E-state index contributed by atoms with van der Waals surface area (Å²) in [6.07, 6.45) is 12.9. The van der Waals surface area contributed by atoms with Crippen molar-refractivity contribution in [1.29, 1.82) is 0 Å². The van der Waals surface area contributed by atoms with Crippen molar-refractivity contribution in [2.24, 2.45) is 0 Å². The van der Waals surface area contributed by atoms with E-state index >= 15 is 0 Å². The molecule has 0 atom stereocenters. The van der Waals surface area contributed by atoms with Crippen LogP contribution >= 0.6 is 7.92 Å². The largest absolute Gasteiger partial charge is 0.0900 e. The first-order valence-electron chi connectivity index (χ1n) is 7.26. The van der Waals surface area contributed by atoms with E-state index < -0.39 is 0 Å². The normalized spacial score (nSPS) is 14.4. The molecule has 0 saturated carbocycles. The Bertz CT molecular complexity index is 386. The molecule has 0 fully saturated rings. The Balaban J connectivity index is 2.09. The highest BCUT2D eigenvalue weighted by Gasteiger charge is 2.25. The van der Waals surface area contributed by atoms with Gasteiger partial charge in [-0.15, -0.1) is 0 Å². The predicted molar refractivity (Wildman–Crippen MR) is 84.3 cm³/mol. The van der Waals surface area contributed by atoms with Crippen LogP contribution in [0.2, 0.25) is 0 Å². The standard InChI is InChI=1S/C17H24P/c1-3-5-13-18(14-6-4-2)17-12-11-15-9-7-8-10-16(15)17/h7-12H,3-6,13-14H2,1-2H3. The van der Waals surface area contributed by atoms with Crippen LogP contribution in [-0.2, 0) is 0 Å². The first kappa shape index (κ1) is 13.8. The number of rotatable bonds is 7. The number of hydrogen-bond acceptors (Lipinski definition) is 0. The van der Waals surface area contributed by atoms with Crippen molar-refractivity contribution < 1.29 is 0 Å². The van der Waals surface area contributed by atoms with Gasteiger partial charge in [-0.1, -0.05) is 71.0 Å². The van der Waals surface area contributed by atoms with E-state index in [0.29, 0.717) is 0 Å². The van der Waals surface area contributed by atoms with Crippen LogP contribution in [0, 0.1) is 5.66 Å². The summed E-state index contributed by atoms with van der Waals surface area (Å²) in [6.45, 7) is 4.60.